The molecule has 82 valence electrons. The monoisotopic (exact) mass is 205 g/mol. The first kappa shape index (κ1) is 10.4. The molecule has 1 aromatic rings. The van der Waals surface area contributed by atoms with Crippen LogP contribution in [0.5, 0.6) is 0 Å². The molecule has 2 rings (SSSR count). The van der Waals surface area contributed by atoms with Gasteiger partial charge in [0, 0.05) is 23.8 Å². The van der Waals surface area contributed by atoms with E-state index in [1.165, 1.54) is 25.7 Å². The van der Waals surface area contributed by atoms with Gasteiger partial charge in [0.15, 0.2) is 0 Å². The molecule has 3 heteroatoms. The summed E-state index contributed by atoms with van der Waals surface area (Å²) in [7, 11) is 0. The molecule has 0 saturated heterocycles. The van der Waals surface area contributed by atoms with E-state index in [2.05, 4.69) is 16.4 Å². The lowest BCUT2D eigenvalue weighted by atomic mass is 10.2. The average Bonchev–Trinajstić information content (AvgIpc) is 2.71. The van der Waals surface area contributed by atoms with Gasteiger partial charge in [0.05, 0.1) is 0 Å². The number of aromatic nitrogens is 1. The summed E-state index contributed by atoms with van der Waals surface area (Å²) < 4.78 is 0. The standard InChI is InChI=1S/C12H19N3/c1-9-6-7-10(8-13)12(14-9)15-11-4-2-3-5-11/h6-7,11H,2-5,8,13H2,1H3,(H,14,15). The number of anilines is 1. The second kappa shape index (κ2) is 4.62. The van der Waals surface area contributed by atoms with Gasteiger partial charge in [0.1, 0.15) is 5.82 Å². The summed E-state index contributed by atoms with van der Waals surface area (Å²) in [6.07, 6.45) is 5.20. The molecule has 0 atom stereocenters. The summed E-state index contributed by atoms with van der Waals surface area (Å²) in [4.78, 5) is 4.52. The number of hydrogen-bond donors (Lipinski definition) is 2. The third kappa shape index (κ3) is 2.48. The topological polar surface area (TPSA) is 50.9 Å². The average molecular weight is 205 g/mol. The lowest BCUT2D eigenvalue weighted by Gasteiger charge is -2.15. The van der Waals surface area contributed by atoms with Crippen LogP contribution in [0.2, 0.25) is 0 Å². The molecule has 3 nitrogen and oxygen atoms in total. The molecule has 1 aliphatic carbocycles. The number of nitrogens with zero attached hydrogens (tertiary/aromatic N) is 1. The minimum atomic E-state index is 0.558. The van der Waals surface area contributed by atoms with Gasteiger partial charge in [-0.05, 0) is 25.8 Å². The van der Waals surface area contributed by atoms with Crippen LogP contribution < -0.4 is 11.1 Å². The fraction of sp³-hybridized carbons (Fsp3) is 0.583. The predicted octanol–water partition coefficient (Wildman–Crippen LogP) is 2.20. The lowest BCUT2D eigenvalue weighted by Crippen LogP contribution is -2.18. The zero-order valence-electron chi connectivity index (χ0n) is 9.29. The number of pyridine rings is 1. The molecular formula is C12H19N3. The molecule has 0 bridgehead atoms. The summed E-state index contributed by atoms with van der Waals surface area (Å²) in [5.41, 5.74) is 7.86. The fourth-order valence-electron chi connectivity index (χ4n) is 2.14. The quantitative estimate of drug-likeness (QED) is 0.795. The molecule has 1 aliphatic rings. The zero-order valence-corrected chi connectivity index (χ0v) is 9.29. The van der Waals surface area contributed by atoms with Crippen molar-refractivity contribution in [1.29, 1.82) is 0 Å². The summed E-state index contributed by atoms with van der Waals surface area (Å²) in [6, 6.07) is 4.69. The van der Waals surface area contributed by atoms with Gasteiger partial charge in [0.25, 0.3) is 0 Å². The van der Waals surface area contributed by atoms with Gasteiger partial charge in [-0.15, -0.1) is 0 Å². The van der Waals surface area contributed by atoms with Crippen LogP contribution in [0.15, 0.2) is 12.1 Å². The van der Waals surface area contributed by atoms with Crippen LogP contribution in [-0.4, -0.2) is 11.0 Å². The van der Waals surface area contributed by atoms with E-state index in [1.54, 1.807) is 0 Å². The molecule has 0 aromatic carbocycles. The van der Waals surface area contributed by atoms with Gasteiger partial charge in [0.2, 0.25) is 0 Å². The molecule has 3 N–H and O–H groups in total. The van der Waals surface area contributed by atoms with Crippen molar-refractivity contribution in [2.75, 3.05) is 5.32 Å². The van der Waals surface area contributed by atoms with E-state index in [4.69, 9.17) is 5.73 Å². The van der Waals surface area contributed by atoms with Crippen molar-refractivity contribution >= 4 is 5.82 Å². The second-order valence-electron chi connectivity index (χ2n) is 4.29. The Morgan fingerprint density at radius 3 is 2.80 bits per heavy atom. The lowest BCUT2D eigenvalue weighted by molar-refractivity contribution is 0.746. The van der Waals surface area contributed by atoms with Crippen LogP contribution in [0.1, 0.15) is 36.9 Å². The largest absolute Gasteiger partial charge is 0.367 e. The molecule has 0 radical (unpaired) electrons. The maximum atomic E-state index is 5.69. The van der Waals surface area contributed by atoms with Crippen LogP contribution in [0.25, 0.3) is 0 Å². The predicted molar refractivity (Wildman–Crippen MR) is 62.7 cm³/mol. The Morgan fingerprint density at radius 2 is 2.13 bits per heavy atom. The van der Waals surface area contributed by atoms with Crippen molar-refractivity contribution in [3.8, 4) is 0 Å². The molecular weight excluding hydrogens is 186 g/mol. The minimum absolute atomic E-state index is 0.558. The number of aryl methyl sites for hydroxylation is 1. The first-order valence-electron chi connectivity index (χ1n) is 5.72. The Kier molecular flexibility index (Phi) is 3.21. The molecule has 0 aliphatic heterocycles. The Hall–Kier alpha value is -1.09. The Bertz CT molecular complexity index is 330. The fourth-order valence-corrected chi connectivity index (χ4v) is 2.14. The smallest absolute Gasteiger partial charge is 0.130 e. The number of rotatable bonds is 3. The van der Waals surface area contributed by atoms with Crippen LogP contribution in [0.3, 0.4) is 0 Å². The third-order valence-corrected chi connectivity index (χ3v) is 3.03. The number of nitrogens with one attached hydrogen (secondary N) is 1. The van der Waals surface area contributed by atoms with Gasteiger partial charge >= 0.3 is 0 Å². The third-order valence-electron chi connectivity index (χ3n) is 3.03. The number of nitrogens with two attached hydrogens (primary N) is 1. The molecule has 15 heavy (non-hydrogen) atoms. The van der Waals surface area contributed by atoms with Crippen LogP contribution in [0, 0.1) is 6.92 Å². The highest BCUT2D eigenvalue weighted by Crippen LogP contribution is 2.23. The first-order valence-corrected chi connectivity index (χ1v) is 5.72. The Morgan fingerprint density at radius 1 is 1.40 bits per heavy atom. The molecule has 0 unspecified atom stereocenters. The zero-order chi connectivity index (χ0) is 10.7. The highest BCUT2D eigenvalue weighted by molar-refractivity contribution is 5.45. The summed E-state index contributed by atoms with van der Waals surface area (Å²) in [5.74, 6) is 0.990. The molecule has 1 heterocycles. The van der Waals surface area contributed by atoms with E-state index in [0.29, 0.717) is 12.6 Å². The van der Waals surface area contributed by atoms with Crippen molar-refractivity contribution in [1.82, 2.24) is 4.98 Å². The van der Waals surface area contributed by atoms with E-state index in [0.717, 1.165) is 17.1 Å². The molecule has 0 spiro atoms. The summed E-state index contributed by atoms with van der Waals surface area (Å²) >= 11 is 0. The molecule has 1 aromatic heterocycles. The Labute approximate surface area is 91.1 Å². The van der Waals surface area contributed by atoms with Crippen LogP contribution >= 0.6 is 0 Å². The van der Waals surface area contributed by atoms with Crippen molar-refractivity contribution in [3.05, 3.63) is 23.4 Å². The first-order chi connectivity index (χ1) is 7.29. The van der Waals surface area contributed by atoms with Crippen molar-refractivity contribution in [2.45, 2.75) is 45.2 Å². The number of hydrogen-bond acceptors (Lipinski definition) is 3. The van der Waals surface area contributed by atoms with Crippen molar-refractivity contribution < 1.29 is 0 Å². The maximum absolute atomic E-state index is 5.69. The second-order valence-corrected chi connectivity index (χ2v) is 4.29. The van der Waals surface area contributed by atoms with Crippen LogP contribution in [-0.2, 0) is 6.54 Å². The van der Waals surface area contributed by atoms with E-state index in [-0.39, 0.29) is 0 Å². The molecule has 0 amide bonds. The van der Waals surface area contributed by atoms with Crippen LogP contribution in [0.4, 0.5) is 5.82 Å². The highest BCUT2D eigenvalue weighted by atomic mass is 15.0. The molecule has 1 fully saturated rings. The normalized spacial score (nSPS) is 16.9. The van der Waals surface area contributed by atoms with Crippen molar-refractivity contribution in [3.63, 3.8) is 0 Å². The minimum Gasteiger partial charge on any atom is -0.367 e. The SMILES string of the molecule is Cc1ccc(CN)c(NC2CCCC2)n1. The maximum Gasteiger partial charge on any atom is 0.130 e. The highest BCUT2D eigenvalue weighted by Gasteiger charge is 2.16. The van der Waals surface area contributed by atoms with Gasteiger partial charge in [-0.2, -0.15) is 0 Å². The van der Waals surface area contributed by atoms with Gasteiger partial charge < -0.3 is 11.1 Å². The van der Waals surface area contributed by atoms with Crippen molar-refractivity contribution in [2.24, 2.45) is 5.73 Å². The molecule has 1 saturated carbocycles. The van der Waals surface area contributed by atoms with Gasteiger partial charge in [-0.3, -0.25) is 0 Å². The van der Waals surface area contributed by atoms with Gasteiger partial charge in [-0.1, -0.05) is 18.9 Å². The van der Waals surface area contributed by atoms with E-state index < -0.39 is 0 Å². The Balaban J connectivity index is 2.14. The van der Waals surface area contributed by atoms with E-state index in [9.17, 15) is 0 Å². The van der Waals surface area contributed by atoms with E-state index >= 15 is 0 Å². The summed E-state index contributed by atoms with van der Waals surface area (Å²) in [6.45, 7) is 2.57. The van der Waals surface area contributed by atoms with Gasteiger partial charge in [-0.25, -0.2) is 4.98 Å². The van der Waals surface area contributed by atoms with E-state index in [1.807, 2.05) is 13.0 Å². The summed E-state index contributed by atoms with van der Waals surface area (Å²) in [5, 5.41) is 3.51.